The number of rotatable bonds is 3. The van der Waals surface area contributed by atoms with Crippen LogP contribution in [0.25, 0.3) is 0 Å². The first-order valence-electron chi connectivity index (χ1n) is 6.38. The first kappa shape index (κ1) is 15.9. The minimum Gasteiger partial charge on any atom is -0.336 e. The Balaban J connectivity index is 0.00000180. The van der Waals surface area contributed by atoms with Gasteiger partial charge in [0.2, 0.25) is 5.91 Å². The Kier molecular flexibility index (Phi) is 5.76. The van der Waals surface area contributed by atoms with Crippen molar-refractivity contribution in [3.8, 4) is 0 Å². The molecule has 2 rings (SSSR count). The summed E-state index contributed by atoms with van der Waals surface area (Å²) < 4.78 is 12.9. The van der Waals surface area contributed by atoms with E-state index in [4.69, 9.17) is 5.73 Å². The van der Waals surface area contributed by atoms with Crippen LogP contribution < -0.4 is 5.73 Å². The highest BCUT2D eigenvalue weighted by Crippen LogP contribution is 2.32. The molecule has 0 aromatic heterocycles. The van der Waals surface area contributed by atoms with Gasteiger partial charge in [0.15, 0.2) is 0 Å². The maximum absolute atomic E-state index is 12.9. The van der Waals surface area contributed by atoms with Gasteiger partial charge in [-0.1, -0.05) is 12.1 Å². The summed E-state index contributed by atoms with van der Waals surface area (Å²) in [4.78, 5) is 13.9. The van der Waals surface area contributed by atoms with Crippen LogP contribution in [-0.4, -0.2) is 23.4 Å². The number of nitrogens with zero attached hydrogens (tertiary/aromatic N) is 1. The SMILES string of the molecule is CC(N)CC(=O)N1CCCC1c1ccc(F)cc1.Cl. The zero-order valence-electron chi connectivity index (χ0n) is 11.0. The van der Waals surface area contributed by atoms with Gasteiger partial charge < -0.3 is 10.6 Å². The summed E-state index contributed by atoms with van der Waals surface area (Å²) >= 11 is 0. The van der Waals surface area contributed by atoms with Crippen molar-refractivity contribution in [3.05, 3.63) is 35.6 Å². The molecule has 0 spiro atoms. The van der Waals surface area contributed by atoms with Crippen LogP contribution in [0.3, 0.4) is 0 Å². The van der Waals surface area contributed by atoms with Gasteiger partial charge in [0, 0.05) is 19.0 Å². The van der Waals surface area contributed by atoms with Crippen LogP contribution in [0.15, 0.2) is 24.3 Å². The lowest BCUT2D eigenvalue weighted by atomic mass is 10.0. The molecule has 1 aliphatic heterocycles. The third-order valence-corrected chi connectivity index (χ3v) is 3.32. The average molecular weight is 287 g/mol. The Morgan fingerprint density at radius 3 is 2.68 bits per heavy atom. The lowest BCUT2D eigenvalue weighted by Gasteiger charge is -2.25. The molecule has 1 aliphatic rings. The van der Waals surface area contributed by atoms with E-state index in [9.17, 15) is 9.18 Å². The van der Waals surface area contributed by atoms with Crippen molar-refractivity contribution < 1.29 is 9.18 Å². The predicted octanol–water partition coefficient (Wildman–Crippen LogP) is 2.65. The fraction of sp³-hybridized carbons (Fsp3) is 0.500. The Hall–Kier alpha value is -1.13. The summed E-state index contributed by atoms with van der Waals surface area (Å²) in [5, 5.41) is 0. The molecule has 106 valence electrons. The summed E-state index contributed by atoms with van der Waals surface area (Å²) in [5.41, 5.74) is 6.67. The van der Waals surface area contributed by atoms with E-state index in [1.54, 1.807) is 12.1 Å². The molecule has 5 heteroatoms. The third kappa shape index (κ3) is 3.91. The number of carbonyl (C=O) groups excluding carboxylic acids is 1. The highest BCUT2D eigenvalue weighted by molar-refractivity contribution is 5.85. The molecule has 2 atom stereocenters. The highest BCUT2D eigenvalue weighted by Gasteiger charge is 2.29. The zero-order valence-corrected chi connectivity index (χ0v) is 11.8. The van der Waals surface area contributed by atoms with Gasteiger partial charge in [-0.05, 0) is 37.5 Å². The molecule has 0 radical (unpaired) electrons. The molecule has 1 saturated heterocycles. The van der Waals surface area contributed by atoms with Crippen molar-refractivity contribution in [3.63, 3.8) is 0 Å². The van der Waals surface area contributed by atoms with Crippen LogP contribution in [0.1, 0.15) is 37.8 Å². The van der Waals surface area contributed by atoms with Gasteiger partial charge in [0.1, 0.15) is 5.82 Å². The molecular formula is C14H20ClFN2O. The molecular weight excluding hydrogens is 267 g/mol. The van der Waals surface area contributed by atoms with Crippen molar-refractivity contribution >= 4 is 18.3 Å². The Morgan fingerprint density at radius 1 is 1.47 bits per heavy atom. The number of benzene rings is 1. The van der Waals surface area contributed by atoms with E-state index in [1.807, 2.05) is 11.8 Å². The minimum atomic E-state index is -0.245. The standard InChI is InChI=1S/C14H19FN2O.ClH/c1-10(16)9-14(18)17-8-2-3-13(17)11-4-6-12(15)7-5-11;/h4-7,10,13H,2-3,8-9,16H2,1H3;1H. The number of halogens is 2. The fourth-order valence-corrected chi connectivity index (χ4v) is 2.49. The number of carbonyl (C=O) groups is 1. The number of amides is 1. The van der Waals surface area contributed by atoms with E-state index in [0.717, 1.165) is 24.9 Å². The van der Waals surface area contributed by atoms with Crippen molar-refractivity contribution in [1.82, 2.24) is 4.90 Å². The summed E-state index contributed by atoms with van der Waals surface area (Å²) in [5.74, 6) is -0.151. The largest absolute Gasteiger partial charge is 0.336 e. The first-order chi connectivity index (χ1) is 8.58. The Morgan fingerprint density at radius 2 is 2.11 bits per heavy atom. The fourth-order valence-electron chi connectivity index (χ4n) is 2.49. The van der Waals surface area contributed by atoms with Crippen LogP contribution >= 0.6 is 12.4 Å². The van der Waals surface area contributed by atoms with E-state index in [-0.39, 0.29) is 36.2 Å². The van der Waals surface area contributed by atoms with Gasteiger partial charge >= 0.3 is 0 Å². The molecule has 0 bridgehead atoms. The zero-order chi connectivity index (χ0) is 13.1. The minimum absolute atomic E-state index is 0. The Labute approximate surface area is 119 Å². The van der Waals surface area contributed by atoms with Gasteiger partial charge in [-0.25, -0.2) is 4.39 Å². The number of likely N-dealkylation sites (tertiary alicyclic amines) is 1. The van der Waals surface area contributed by atoms with Crippen molar-refractivity contribution in [2.75, 3.05) is 6.54 Å². The highest BCUT2D eigenvalue weighted by atomic mass is 35.5. The smallest absolute Gasteiger partial charge is 0.224 e. The quantitative estimate of drug-likeness (QED) is 0.928. The van der Waals surface area contributed by atoms with Crippen molar-refractivity contribution in [2.45, 2.75) is 38.3 Å². The van der Waals surface area contributed by atoms with Gasteiger partial charge in [0.25, 0.3) is 0 Å². The van der Waals surface area contributed by atoms with Crippen LogP contribution in [0, 0.1) is 5.82 Å². The van der Waals surface area contributed by atoms with E-state index in [2.05, 4.69) is 0 Å². The second kappa shape index (κ2) is 6.87. The second-order valence-electron chi connectivity index (χ2n) is 4.98. The van der Waals surface area contributed by atoms with E-state index in [0.29, 0.717) is 6.42 Å². The van der Waals surface area contributed by atoms with Crippen LogP contribution in [0.2, 0.25) is 0 Å². The molecule has 1 aromatic carbocycles. The number of nitrogens with two attached hydrogens (primary N) is 1. The molecule has 19 heavy (non-hydrogen) atoms. The van der Waals surface area contributed by atoms with Gasteiger partial charge in [-0.2, -0.15) is 0 Å². The molecule has 1 aromatic rings. The maximum atomic E-state index is 12.9. The van der Waals surface area contributed by atoms with E-state index in [1.165, 1.54) is 12.1 Å². The van der Waals surface area contributed by atoms with Crippen LogP contribution in [0.5, 0.6) is 0 Å². The average Bonchev–Trinajstić information content (AvgIpc) is 2.78. The number of hydrogen-bond acceptors (Lipinski definition) is 2. The maximum Gasteiger partial charge on any atom is 0.224 e. The van der Waals surface area contributed by atoms with E-state index < -0.39 is 0 Å². The second-order valence-corrected chi connectivity index (χ2v) is 4.98. The van der Waals surface area contributed by atoms with Crippen LogP contribution in [-0.2, 0) is 4.79 Å². The molecule has 1 fully saturated rings. The first-order valence-corrected chi connectivity index (χ1v) is 6.38. The van der Waals surface area contributed by atoms with Gasteiger partial charge in [0.05, 0.1) is 6.04 Å². The van der Waals surface area contributed by atoms with Gasteiger partial charge in [-0.15, -0.1) is 12.4 Å². The summed E-state index contributed by atoms with van der Waals surface area (Å²) in [7, 11) is 0. The monoisotopic (exact) mass is 286 g/mol. The van der Waals surface area contributed by atoms with Gasteiger partial charge in [-0.3, -0.25) is 4.79 Å². The normalized spacial score (nSPS) is 19.9. The Bertz CT molecular complexity index is 422. The molecule has 1 heterocycles. The lowest BCUT2D eigenvalue weighted by molar-refractivity contribution is -0.132. The molecule has 0 aliphatic carbocycles. The molecule has 0 saturated carbocycles. The molecule has 2 unspecified atom stereocenters. The van der Waals surface area contributed by atoms with E-state index >= 15 is 0 Å². The summed E-state index contributed by atoms with van der Waals surface area (Å²) in [6.07, 6.45) is 2.31. The van der Waals surface area contributed by atoms with Crippen molar-refractivity contribution in [2.24, 2.45) is 5.73 Å². The summed E-state index contributed by atoms with van der Waals surface area (Å²) in [6, 6.07) is 6.38. The van der Waals surface area contributed by atoms with Crippen molar-refractivity contribution in [1.29, 1.82) is 0 Å². The number of hydrogen-bond donors (Lipinski definition) is 1. The summed E-state index contributed by atoms with van der Waals surface area (Å²) in [6.45, 7) is 2.61. The topological polar surface area (TPSA) is 46.3 Å². The third-order valence-electron chi connectivity index (χ3n) is 3.32. The molecule has 3 nitrogen and oxygen atoms in total. The lowest BCUT2D eigenvalue weighted by Crippen LogP contribution is -2.34. The molecule has 2 N–H and O–H groups in total. The predicted molar refractivity (Wildman–Crippen MR) is 75.6 cm³/mol. The van der Waals surface area contributed by atoms with Crippen LogP contribution in [0.4, 0.5) is 4.39 Å². The molecule has 1 amide bonds.